The van der Waals surface area contributed by atoms with Crippen LogP contribution in [0.15, 0.2) is 246 Å². The summed E-state index contributed by atoms with van der Waals surface area (Å²) in [7, 11) is 0. The van der Waals surface area contributed by atoms with Gasteiger partial charge >= 0.3 is 16.7 Å². The SMILES string of the molecule is [C-]#[N+]c1cnn(-c2nc(-n3ncc(C#N)c3N=Nc3c(O)n(-c4ccccc4)n(-c4ccccc4)c3=O)nc(-n3ncc(C#N)c3N=Nc3c(O)n(-c4ccccc4)n(-c4ccccc4)c3=O)n2)c1N=Nc1c(O)n(-c2ccccc2)n(-c2ccccc2)c1=O. The molecular weight excluding hydrogens is 1150 g/mol. The van der Waals surface area contributed by atoms with Gasteiger partial charge in [-0.25, -0.2) is 32.9 Å². The molecule has 0 atom stereocenters. The normalized spacial score (nSPS) is 11.4. The summed E-state index contributed by atoms with van der Waals surface area (Å²) in [5, 5.41) is 95.0. The summed E-state index contributed by atoms with van der Waals surface area (Å²) in [5.41, 5.74) is -2.76. The van der Waals surface area contributed by atoms with Gasteiger partial charge in [-0.15, -0.1) is 30.7 Å². The Morgan fingerprint density at radius 2 is 0.622 bits per heavy atom. The third-order valence-corrected chi connectivity index (χ3v) is 13.5. The predicted molar refractivity (Wildman–Crippen MR) is 319 cm³/mol. The number of benzene rings is 6. The predicted octanol–water partition coefficient (Wildman–Crippen LogP) is 9.91. The Labute approximate surface area is 503 Å². The van der Waals surface area contributed by atoms with Crippen molar-refractivity contribution in [3.63, 3.8) is 0 Å². The van der Waals surface area contributed by atoms with Gasteiger partial charge in [-0.2, -0.15) is 54.8 Å². The van der Waals surface area contributed by atoms with Crippen molar-refractivity contribution in [1.82, 2.24) is 72.4 Å². The number of aromatic hydroxyl groups is 3. The van der Waals surface area contributed by atoms with E-state index in [-0.39, 0.29) is 16.8 Å². The van der Waals surface area contributed by atoms with Gasteiger partial charge < -0.3 is 15.3 Å². The van der Waals surface area contributed by atoms with E-state index >= 15 is 0 Å². The van der Waals surface area contributed by atoms with Crippen LogP contribution < -0.4 is 16.7 Å². The highest BCUT2D eigenvalue weighted by Gasteiger charge is 2.29. The van der Waals surface area contributed by atoms with Crippen LogP contribution in [0.25, 0.3) is 56.8 Å². The first-order valence-corrected chi connectivity index (χ1v) is 26.5. The summed E-state index contributed by atoms with van der Waals surface area (Å²) in [6, 6.07) is 54.6. The number of rotatable bonds is 15. The van der Waals surface area contributed by atoms with Gasteiger partial charge in [0.25, 0.3) is 23.5 Å². The van der Waals surface area contributed by atoms with E-state index in [0.29, 0.717) is 34.1 Å². The van der Waals surface area contributed by atoms with E-state index in [1.165, 1.54) is 28.1 Å². The molecule has 0 aliphatic rings. The highest BCUT2D eigenvalue weighted by molar-refractivity contribution is 5.64. The molecule has 13 aromatic rings. The first-order chi connectivity index (χ1) is 44.1. The molecule has 6 aromatic carbocycles. The number of nitriles is 2. The fraction of sp³-hybridized carbons (Fsp3) is 0. The molecule has 7 heterocycles. The molecule has 3 N–H and O–H groups in total. The van der Waals surface area contributed by atoms with Crippen molar-refractivity contribution in [3.05, 3.63) is 254 Å². The number of hydrogen-bond donors (Lipinski definition) is 3. The van der Waals surface area contributed by atoms with Gasteiger partial charge in [-0.05, 0) is 72.8 Å². The van der Waals surface area contributed by atoms with Crippen molar-refractivity contribution in [1.29, 1.82) is 10.5 Å². The molecule has 0 unspecified atom stereocenters. The van der Waals surface area contributed by atoms with E-state index in [0.717, 1.165) is 32.6 Å². The topological polar surface area (TPSA) is 360 Å². The molecule has 0 saturated carbocycles. The summed E-state index contributed by atoms with van der Waals surface area (Å²) in [6.07, 6.45) is 3.23. The monoisotopic (exact) mass is 1190 g/mol. The summed E-state index contributed by atoms with van der Waals surface area (Å²) < 4.78 is 9.92. The van der Waals surface area contributed by atoms with Crippen molar-refractivity contribution < 1.29 is 15.3 Å². The lowest BCUT2D eigenvalue weighted by molar-refractivity contribution is 0.425. The second kappa shape index (κ2) is 23.0. The molecule has 0 bridgehead atoms. The van der Waals surface area contributed by atoms with Crippen LogP contribution in [0.2, 0.25) is 0 Å². The van der Waals surface area contributed by atoms with E-state index in [2.05, 4.69) is 65.8 Å². The lowest BCUT2D eigenvalue weighted by atomic mass is 10.3. The third-order valence-electron chi connectivity index (χ3n) is 13.5. The minimum absolute atomic E-state index is 0.261. The average Bonchev–Trinajstić information content (AvgIpc) is 1.68. The van der Waals surface area contributed by atoms with Crippen LogP contribution in [-0.4, -0.2) is 87.7 Å². The van der Waals surface area contributed by atoms with Crippen molar-refractivity contribution in [2.75, 3.05) is 0 Å². The van der Waals surface area contributed by atoms with Crippen LogP contribution in [0.5, 0.6) is 17.6 Å². The summed E-state index contributed by atoms with van der Waals surface area (Å²) in [5.74, 6) is -4.71. The summed E-state index contributed by atoms with van der Waals surface area (Å²) in [4.78, 5) is 60.6. The lowest BCUT2D eigenvalue weighted by Crippen LogP contribution is -2.20. The number of nitrogens with zero attached hydrogens (tertiary/aromatic N) is 24. The quantitative estimate of drug-likeness (QED) is 0.0635. The molecule has 432 valence electrons. The van der Waals surface area contributed by atoms with Gasteiger partial charge in [0.15, 0.2) is 17.5 Å². The third kappa shape index (κ3) is 9.56. The Morgan fingerprint density at radius 3 is 0.900 bits per heavy atom. The Kier molecular flexibility index (Phi) is 14.0. The number of para-hydroxylation sites is 6. The standard InChI is InChI=1S/C60H36N24O6/c1-63-45-36-66-78(51(45)75-72-48-56(89)83(43-28-16-6-17-29-43)84(57(48)90)44-30-18-7-19-31-44)60-68-58(76-49(37(32-61)34-64-76)73-70-46-52(85)79(39-20-8-2-9-21-39)80(53(46)86)40-22-10-3-11-23-40)67-59(69-60)77-50(38(33-62)35-65-77)74-71-47-54(87)81(41-24-12-4-13-25-41)82(55(47)88)42-26-14-5-15-27-42/h2-31,34-36,85,87,89H. The Bertz CT molecular complexity index is 4790. The molecule has 90 heavy (non-hydrogen) atoms. The highest BCUT2D eigenvalue weighted by atomic mass is 16.3. The molecule has 0 amide bonds. The Balaban J connectivity index is 0.994. The zero-order chi connectivity index (χ0) is 62.0. The van der Waals surface area contributed by atoms with Crippen LogP contribution >= 0.6 is 0 Å². The summed E-state index contributed by atoms with van der Waals surface area (Å²) >= 11 is 0. The lowest BCUT2D eigenvalue weighted by Gasteiger charge is -2.12. The Hall–Kier alpha value is -14.3. The number of azo groups is 3. The molecule has 13 rings (SSSR count). The fourth-order valence-electron chi connectivity index (χ4n) is 9.43. The highest BCUT2D eigenvalue weighted by Crippen LogP contribution is 2.37. The Morgan fingerprint density at radius 1 is 0.367 bits per heavy atom. The van der Waals surface area contributed by atoms with Crippen LogP contribution in [0.4, 0.5) is 40.2 Å². The molecule has 0 radical (unpaired) electrons. The fourth-order valence-corrected chi connectivity index (χ4v) is 9.43. The summed E-state index contributed by atoms with van der Waals surface area (Å²) in [6.45, 7) is 8.14. The molecule has 0 aliphatic carbocycles. The molecule has 0 aliphatic heterocycles. The van der Waals surface area contributed by atoms with Crippen molar-refractivity contribution in [3.8, 4) is 81.7 Å². The van der Waals surface area contributed by atoms with Gasteiger partial charge in [-0.3, -0.25) is 14.4 Å². The van der Waals surface area contributed by atoms with Gasteiger partial charge in [-0.1, -0.05) is 109 Å². The largest absolute Gasteiger partial charge is 0.492 e. The van der Waals surface area contributed by atoms with Crippen molar-refractivity contribution in [2.45, 2.75) is 0 Å². The molecular formula is C60H36N24O6. The zero-order valence-corrected chi connectivity index (χ0v) is 45.9. The van der Waals surface area contributed by atoms with Crippen LogP contribution in [0, 0.1) is 29.2 Å². The second-order valence-electron chi connectivity index (χ2n) is 18.8. The van der Waals surface area contributed by atoms with E-state index in [4.69, 9.17) is 6.57 Å². The van der Waals surface area contributed by atoms with Gasteiger partial charge in [0.2, 0.25) is 34.7 Å². The number of aromatic nitrogens is 15. The van der Waals surface area contributed by atoms with Gasteiger partial charge in [0.05, 0.1) is 59.3 Å². The van der Waals surface area contributed by atoms with Crippen LogP contribution in [0.3, 0.4) is 0 Å². The zero-order valence-electron chi connectivity index (χ0n) is 45.9. The molecule has 0 spiro atoms. The molecule has 0 fully saturated rings. The number of hydrogen-bond acceptors (Lipinski definition) is 20. The smallest absolute Gasteiger partial charge is 0.303 e. The molecule has 7 aromatic heterocycles. The van der Waals surface area contributed by atoms with E-state index in [1.807, 2.05) is 12.1 Å². The van der Waals surface area contributed by atoms with Crippen molar-refractivity contribution >= 4 is 40.2 Å². The minimum Gasteiger partial charge on any atom is -0.492 e. The van der Waals surface area contributed by atoms with Crippen molar-refractivity contribution in [2.24, 2.45) is 30.7 Å². The molecule has 30 nitrogen and oxygen atoms in total. The minimum atomic E-state index is -0.821. The van der Waals surface area contributed by atoms with E-state index in [1.54, 1.807) is 182 Å². The van der Waals surface area contributed by atoms with E-state index in [9.17, 15) is 40.2 Å². The van der Waals surface area contributed by atoms with Crippen LogP contribution in [-0.2, 0) is 0 Å². The molecule has 0 saturated heterocycles. The maximum Gasteiger partial charge on any atom is 0.303 e. The maximum absolute atomic E-state index is 14.4. The maximum atomic E-state index is 14.4. The first kappa shape index (κ1) is 54.9. The average molecular weight is 1190 g/mol. The van der Waals surface area contributed by atoms with Gasteiger partial charge in [0, 0.05) is 0 Å². The molecule has 30 heteroatoms. The second-order valence-corrected chi connectivity index (χ2v) is 18.8. The van der Waals surface area contributed by atoms with E-state index < -0.39 is 86.7 Å². The van der Waals surface area contributed by atoms with Crippen LogP contribution in [0.1, 0.15) is 11.1 Å². The first-order valence-electron chi connectivity index (χ1n) is 26.5. The van der Waals surface area contributed by atoms with Gasteiger partial charge in [0.1, 0.15) is 23.3 Å².